The average Bonchev–Trinajstić information content (AvgIpc) is 3.08. The number of hydrogen-bond donors (Lipinski definition) is 1. The van der Waals surface area contributed by atoms with E-state index in [1.165, 1.54) is 30.0 Å². The first-order chi connectivity index (χ1) is 15.4. The highest BCUT2D eigenvalue weighted by Crippen LogP contribution is 2.34. The van der Waals surface area contributed by atoms with Crippen molar-refractivity contribution in [3.05, 3.63) is 54.1 Å². The Morgan fingerprint density at radius 3 is 2.22 bits per heavy atom. The summed E-state index contributed by atoms with van der Waals surface area (Å²) in [4.78, 5) is 51.3. The minimum Gasteiger partial charge on any atom is -0.326 e. The third-order valence-corrected chi connectivity index (χ3v) is 7.21. The number of Topliss-reactive ketones (excluding diaryl/α,β-unsaturated/α-hetero) is 1. The lowest BCUT2D eigenvalue weighted by atomic mass is 9.88. The lowest BCUT2D eigenvalue weighted by Crippen LogP contribution is -2.31. The highest BCUT2D eigenvalue weighted by molar-refractivity contribution is 8.00. The van der Waals surface area contributed by atoms with Gasteiger partial charge in [0.1, 0.15) is 0 Å². The minimum absolute atomic E-state index is 0.0672. The predicted octanol–water partition coefficient (Wildman–Crippen LogP) is 4.83. The molecule has 0 radical (unpaired) electrons. The zero-order valence-corrected chi connectivity index (χ0v) is 18.8. The monoisotopic (exact) mass is 450 g/mol. The molecule has 6 nitrogen and oxygen atoms in total. The van der Waals surface area contributed by atoms with Crippen LogP contribution in [0.4, 0.5) is 11.4 Å². The predicted molar refractivity (Wildman–Crippen MR) is 125 cm³/mol. The number of benzene rings is 2. The molecule has 166 valence electrons. The first-order valence-corrected chi connectivity index (χ1v) is 11.9. The van der Waals surface area contributed by atoms with Crippen molar-refractivity contribution in [2.75, 3.05) is 10.2 Å². The number of nitrogens with one attached hydrogen (secondary N) is 1. The van der Waals surface area contributed by atoms with Crippen molar-refractivity contribution in [1.82, 2.24) is 0 Å². The van der Waals surface area contributed by atoms with Gasteiger partial charge in [-0.2, -0.15) is 0 Å². The standard InChI is InChI=1S/C25H26N2O4S/c1-16(28)17-7-11-20(12-8-17)27-23(29)15-22(25(27)31)32-21-13-9-19(10-14-21)26-24(30)18-5-3-2-4-6-18/h7-14,18,22H,2-6,15H2,1H3,(H,26,30). The van der Waals surface area contributed by atoms with Gasteiger partial charge in [0, 0.05) is 28.5 Å². The van der Waals surface area contributed by atoms with Gasteiger partial charge in [-0.05, 0) is 68.3 Å². The van der Waals surface area contributed by atoms with Crippen molar-refractivity contribution >= 4 is 46.6 Å². The second-order valence-corrected chi connectivity index (χ2v) is 9.61. The summed E-state index contributed by atoms with van der Waals surface area (Å²) in [6, 6.07) is 13.9. The number of carbonyl (C=O) groups excluding carboxylic acids is 4. The average molecular weight is 451 g/mol. The zero-order valence-electron chi connectivity index (χ0n) is 18.0. The van der Waals surface area contributed by atoms with Gasteiger partial charge >= 0.3 is 0 Å². The molecular weight excluding hydrogens is 424 g/mol. The summed E-state index contributed by atoms with van der Waals surface area (Å²) in [5, 5.41) is 2.49. The molecule has 1 atom stereocenters. The lowest BCUT2D eigenvalue weighted by molar-refractivity contribution is -0.122. The van der Waals surface area contributed by atoms with E-state index in [1.54, 1.807) is 24.3 Å². The number of anilines is 2. The maximum absolute atomic E-state index is 12.9. The van der Waals surface area contributed by atoms with Crippen LogP contribution in [0.3, 0.4) is 0 Å². The van der Waals surface area contributed by atoms with E-state index in [9.17, 15) is 19.2 Å². The van der Waals surface area contributed by atoms with E-state index in [0.29, 0.717) is 11.3 Å². The molecule has 3 amide bonds. The molecule has 1 aliphatic carbocycles. The largest absolute Gasteiger partial charge is 0.326 e. The molecule has 1 N–H and O–H groups in total. The van der Waals surface area contributed by atoms with Crippen LogP contribution in [0.2, 0.25) is 0 Å². The van der Waals surface area contributed by atoms with E-state index in [4.69, 9.17) is 0 Å². The molecule has 2 aromatic rings. The number of amides is 3. The van der Waals surface area contributed by atoms with Gasteiger partial charge in [-0.1, -0.05) is 19.3 Å². The van der Waals surface area contributed by atoms with E-state index in [0.717, 1.165) is 36.3 Å². The van der Waals surface area contributed by atoms with Crippen LogP contribution in [0, 0.1) is 5.92 Å². The van der Waals surface area contributed by atoms with E-state index < -0.39 is 5.25 Å². The fourth-order valence-corrected chi connectivity index (χ4v) is 5.26. The van der Waals surface area contributed by atoms with Crippen LogP contribution in [0.15, 0.2) is 53.4 Å². The number of thioether (sulfide) groups is 1. The van der Waals surface area contributed by atoms with Gasteiger partial charge < -0.3 is 5.32 Å². The van der Waals surface area contributed by atoms with E-state index in [-0.39, 0.29) is 35.8 Å². The molecule has 1 heterocycles. The first kappa shape index (κ1) is 22.3. The van der Waals surface area contributed by atoms with E-state index in [2.05, 4.69) is 5.32 Å². The van der Waals surface area contributed by atoms with E-state index in [1.807, 2.05) is 24.3 Å². The topological polar surface area (TPSA) is 83.6 Å². The fourth-order valence-electron chi connectivity index (χ4n) is 4.20. The number of nitrogens with zero attached hydrogens (tertiary/aromatic N) is 1. The Kier molecular flexibility index (Phi) is 6.74. The summed E-state index contributed by atoms with van der Waals surface area (Å²) in [5.74, 6) is -0.407. The first-order valence-electron chi connectivity index (χ1n) is 11.0. The maximum atomic E-state index is 12.9. The van der Waals surface area contributed by atoms with Crippen molar-refractivity contribution in [1.29, 1.82) is 0 Å². The molecule has 1 saturated carbocycles. The van der Waals surface area contributed by atoms with Crippen LogP contribution >= 0.6 is 11.8 Å². The van der Waals surface area contributed by atoms with Crippen molar-refractivity contribution in [2.24, 2.45) is 5.92 Å². The Labute approximate surface area is 191 Å². The molecule has 1 unspecified atom stereocenters. The molecule has 2 aliphatic rings. The van der Waals surface area contributed by atoms with Crippen molar-refractivity contribution in [3.63, 3.8) is 0 Å². The lowest BCUT2D eigenvalue weighted by Gasteiger charge is -2.20. The molecule has 32 heavy (non-hydrogen) atoms. The fraction of sp³-hybridized carbons (Fsp3) is 0.360. The molecule has 0 bridgehead atoms. The molecule has 4 rings (SSSR count). The van der Waals surface area contributed by atoms with Crippen LogP contribution in [-0.4, -0.2) is 28.8 Å². The van der Waals surface area contributed by atoms with Crippen molar-refractivity contribution in [2.45, 2.75) is 55.6 Å². The highest BCUT2D eigenvalue weighted by Gasteiger charge is 2.40. The van der Waals surface area contributed by atoms with E-state index >= 15 is 0 Å². The third-order valence-electron chi connectivity index (χ3n) is 6.01. The van der Waals surface area contributed by atoms with Crippen LogP contribution in [0.5, 0.6) is 0 Å². The maximum Gasteiger partial charge on any atom is 0.247 e. The molecule has 2 fully saturated rings. The summed E-state index contributed by atoms with van der Waals surface area (Å²) in [6.07, 6.45) is 5.45. The number of hydrogen-bond acceptors (Lipinski definition) is 5. The number of ketones is 1. The van der Waals surface area contributed by atoms with Gasteiger partial charge in [-0.25, -0.2) is 4.90 Å². The van der Waals surface area contributed by atoms with Gasteiger partial charge in [0.05, 0.1) is 10.9 Å². The molecule has 0 aromatic heterocycles. The molecule has 2 aromatic carbocycles. The Bertz CT molecular complexity index is 1030. The minimum atomic E-state index is -0.502. The Balaban J connectivity index is 1.37. The number of imide groups is 1. The molecule has 1 aliphatic heterocycles. The molecule has 1 saturated heterocycles. The summed E-state index contributed by atoms with van der Waals surface area (Å²) in [5.41, 5.74) is 1.76. The molecular formula is C25H26N2O4S. The highest BCUT2D eigenvalue weighted by atomic mass is 32.2. The van der Waals surface area contributed by atoms with Gasteiger partial charge in [-0.3, -0.25) is 19.2 Å². The van der Waals surface area contributed by atoms with Crippen LogP contribution in [-0.2, 0) is 14.4 Å². The Morgan fingerprint density at radius 1 is 0.938 bits per heavy atom. The third kappa shape index (κ3) is 4.93. The molecule has 7 heteroatoms. The number of carbonyl (C=O) groups is 4. The summed E-state index contributed by atoms with van der Waals surface area (Å²) >= 11 is 1.35. The SMILES string of the molecule is CC(=O)c1ccc(N2C(=O)CC(Sc3ccc(NC(=O)C4CCCCC4)cc3)C2=O)cc1. The number of rotatable bonds is 6. The van der Waals surface area contributed by atoms with Crippen molar-refractivity contribution in [3.8, 4) is 0 Å². The molecule has 0 spiro atoms. The van der Waals surface area contributed by atoms with Gasteiger partial charge in [0.15, 0.2) is 5.78 Å². The van der Waals surface area contributed by atoms with Crippen molar-refractivity contribution < 1.29 is 19.2 Å². The Hall–Kier alpha value is -2.93. The normalized spacial score (nSPS) is 19.3. The van der Waals surface area contributed by atoms with Crippen LogP contribution < -0.4 is 10.2 Å². The second-order valence-electron chi connectivity index (χ2n) is 8.33. The van der Waals surface area contributed by atoms with Crippen LogP contribution in [0.25, 0.3) is 0 Å². The van der Waals surface area contributed by atoms with Crippen LogP contribution in [0.1, 0.15) is 55.8 Å². The summed E-state index contributed by atoms with van der Waals surface area (Å²) in [7, 11) is 0. The zero-order chi connectivity index (χ0) is 22.7. The smallest absolute Gasteiger partial charge is 0.247 e. The summed E-state index contributed by atoms with van der Waals surface area (Å²) < 4.78 is 0. The van der Waals surface area contributed by atoms with Gasteiger partial charge in [0.2, 0.25) is 17.7 Å². The van der Waals surface area contributed by atoms with Gasteiger partial charge in [0.25, 0.3) is 0 Å². The quantitative estimate of drug-likeness (QED) is 0.503. The second kappa shape index (κ2) is 9.69. The van der Waals surface area contributed by atoms with Gasteiger partial charge in [-0.15, -0.1) is 11.8 Å². The Morgan fingerprint density at radius 2 is 1.59 bits per heavy atom. The summed E-state index contributed by atoms with van der Waals surface area (Å²) in [6.45, 7) is 1.47.